The van der Waals surface area contributed by atoms with Gasteiger partial charge >= 0.3 is 0 Å². The van der Waals surface area contributed by atoms with E-state index in [0.29, 0.717) is 17.5 Å². The largest absolute Gasteiger partial charge is 0.381 e. The van der Waals surface area contributed by atoms with Crippen LogP contribution >= 0.6 is 23.4 Å². The maximum Gasteiger partial charge on any atom is 0.287 e. The smallest absolute Gasteiger partial charge is 0.287 e. The number of halogens is 1. The molecule has 0 amide bonds. The molecule has 4 nitrogen and oxygen atoms in total. The van der Waals surface area contributed by atoms with E-state index in [1.54, 1.807) is 24.0 Å². The van der Waals surface area contributed by atoms with Gasteiger partial charge in [-0.2, -0.15) is 16.9 Å². The number of hydrogen-bond donors (Lipinski definition) is 1. The minimum absolute atomic E-state index is 0.176. The fourth-order valence-electron chi connectivity index (χ4n) is 1.18. The Kier molecular flexibility index (Phi) is 5.58. The molecule has 1 N–H and O–H groups in total. The van der Waals surface area contributed by atoms with Crippen LogP contribution in [0.1, 0.15) is 6.92 Å². The first-order valence-electron chi connectivity index (χ1n) is 5.23. The third kappa shape index (κ3) is 3.78. The average molecular weight is 274 g/mol. The maximum absolute atomic E-state index is 11.8. The number of nitrogens with zero attached hydrogens (tertiary/aromatic N) is 2. The predicted molar refractivity (Wildman–Crippen MR) is 75.2 cm³/mol. The lowest BCUT2D eigenvalue weighted by molar-refractivity contribution is 0.653. The van der Waals surface area contributed by atoms with Crippen molar-refractivity contribution in [3.63, 3.8) is 0 Å². The van der Waals surface area contributed by atoms with Crippen molar-refractivity contribution in [2.45, 2.75) is 18.7 Å². The molecule has 1 aromatic heterocycles. The van der Waals surface area contributed by atoms with E-state index in [1.807, 2.05) is 6.26 Å². The number of nitrogens with one attached hydrogen (secondary N) is 1. The van der Waals surface area contributed by atoms with E-state index < -0.39 is 0 Å². The highest BCUT2D eigenvalue weighted by molar-refractivity contribution is 7.99. The highest BCUT2D eigenvalue weighted by Crippen LogP contribution is 2.16. The molecule has 6 heteroatoms. The van der Waals surface area contributed by atoms with Crippen molar-refractivity contribution in [3.8, 4) is 0 Å². The first-order chi connectivity index (χ1) is 8.10. The van der Waals surface area contributed by atoms with E-state index in [0.717, 1.165) is 6.54 Å². The first kappa shape index (κ1) is 14.1. The van der Waals surface area contributed by atoms with Gasteiger partial charge in [0.15, 0.2) is 0 Å². The van der Waals surface area contributed by atoms with Crippen LogP contribution in [-0.4, -0.2) is 27.8 Å². The van der Waals surface area contributed by atoms with Gasteiger partial charge in [-0.15, -0.1) is 6.58 Å². The number of rotatable bonds is 6. The molecule has 0 aromatic carbocycles. The van der Waals surface area contributed by atoms with Crippen LogP contribution in [0, 0.1) is 0 Å². The van der Waals surface area contributed by atoms with Crippen molar-refractivity contribution in [2.75, 3.05) is 18.1 Å². The summed E-state index contributed by atoms with van der Waals surface area (Å²) < 4.78 is 1.28. The summed E-state index contributed by atoms with van der Waals surface area (Å²) in [6.07, 6.45) is 5.21. The average Bonchev–Trinajstić information content (AvgIpc) is 2.34. The molecule has 0 aliphatic heterocycles. The van der Waals surface area contributed by atoms with Gasteiger partial charge in [-0.25, -0.2) is 4.68 Å². The van der Waals surface area contributed by atoms with E-state index in [1.165, 1.54) is 4.68 Å². The summed E-state index contributed by atoms with van der Waals surface area (Å²) in [5, 5.41) is 7.75. The van der Waals surface area contributed by atoms with Crippen molar-refractivity contribution in [2.24, 2.45) is 0 Å². The normalized spacial score (nSPS) is 12.2. The Morgan fingerprint density at radius 1 is 1.76 bits per heavy atom. The van der Waals surface area contributed by atoms with Crippen LogP contribution in [0.4, 0.5) is 5.69 Å². The van der Waals surface area contributed by atoms with Gasteiger partial charge in [0, 0.05) is 11.8 Å². The van der Waals surface area contributed by atoms with Gasteiger partial charge in [0.05, 0.1) is 18.4 Å². The summed E-state index contributed by atoms with van der Waals surface area (Å²) in [6.45, 7) is 6.76. The SMILES string of the molecule is C=CCn1ncc(NCC(C)SC)c(Cl)c1=O. The summed E-state index contributed by atoms with van der Waals surface area (Å²) in [5.74, 6) is 0. The fraction of sp³-hybridized carbons (Fsp3) is 0.455. The molecule has 0 bridgehead atoms. The minimum Gasteiger partial charge on any atom is -0.381 e. The Hall–Kier alpha value is -0.940. The van der Waals surface area contributed by atoms with Crippen LogP contribution in [0.5, 0.6) is 0 Å². The third-order valence-corrected chi connectivity index (χ3v) is 3.61. The molecular formula is C11H16ClN3OS. The molecule has 0 fully saturated rings. The zero-order chi connectivity index (χ0) is 12.8. The molecule has 94 valence electrons. The zero-order valence-electron chi connectivity index (χ0n) is 9.94. The fourth-order valence-corrected chi connectivity index (χ4v) is 1.64. The molecule has 1 aromatic rings. The summed E-state index contributed by atoms with van der Waals surface area (Å²) in [7, 11) is 0. The third-order valence-electron chi connectivity index (χ3n) is 2.27. The van der Waals surface area contributed by atoms with Crippen LogP contribution in [0.2, 0.25) is 5.02 Å². The van der Waals surface area contributed by atoms with E-state index >= 15 is 0 Å². The first-order valence-corrected chi connectivity index (χ1v) is 6.90. The van der Waals surface area contributed by atoms with Crippen LogP contribution in [0.25, 0.3) is 0 Å². The van der Waals surface area contributed by atoms with E-state index in [9.17, 15) is 4.79 Å². The number of allylic oxidation sites excluding steroid dienone is 1. The lowest BCUT2D eigenvalue weighted by Gasteiger charge is -2.12. The molecular weight excluding hydrogens is 258 g/mol. The number of thioether (sulfide) groups is 1. The van der Waals surface area contributed by atoms with Crippen LogP contribution < -0.4 is 10.9 Å². The van der Waals surface area contributed by atoms with E-state index in [2.05, 4.69) is 23.9 Å². The second-order valence-corrected chi connectivity index (χ2v) is 5.23. The lowest BCUT2D eigenvalue weighted by atomic mass is 10.4. The van der Waals surface area contributed by atoms with Gasteiger partial charge in [0.2, 0.25) is 0 Å². The highest BCUT2D eigenvalue weighted by Gasteiger charge is 2.09. The van der Waals surface area contributed by atoms with Gasteiger partial charge < -0.3 is 5.32 Å². The Balaban J connectivity index is 2.85. The number of hydrogen-bond acceptors (Lipinski definition) is 4. The molecule has 17 heavy (non-hydrogen) atoms. The summed E-state index contributed by atoms with van der Waals surface area (Å²) in [6, 6.07) is 0. The van der Waals surface area contributed by atoms with Crippen molar-refractivity contribution < 1.29 is 0 Å². The number of anilines is 1. The molecule has 0 radical (unpaired) electrons. The van der Waals surface area contributed by atoms with Crippen molar-refractivity contribution >= 4 is 29.1 Å². The van der Waals surface area contributed by atoms with Crippen LogP contribution in [0.3, 0.4) is 0 Å². The van der Waals surface area contributed by atoms with Gasteiger partial charge in [0.1, 0.15) is 5.02 Å². The molecule has 0 saturated heterocycles. The molecule has 0 aliphatic rings. The summed E-state index contributed by atoms with van der Waals surface area (Å²) in [4.78, 5) is 11.8. The maximum atomic E-state index is 11.8. The Morgan fingerprint density at radius 2 is 2.47 bits per heavy atom. The van der Waals surface area contributed by atoms with Crippen molar-refractivity contribution in [1.29, 1.82) is 0 Å². The molecule has 0 saturated carbocycles. The highest BCUT2D eigenvalue weighted by atomic mass is 35.5. The van der Waals surface area contributed by atoms with Crippen LogP contribution in [0.15, 0.2) is 23.6 Å². The molecule has 1 unspecified atom stereocenters. The molecule has 1 rings (SSSR count). The van der Waals surface area contributed by atoms with Crippen LogP contribution in [-0.2, 0) is 6.54 Å². The topological polar surface area (TPSA) is 46.9 Å². The monoisotopic (exact) mass is 273 g/mol. The lowest BCUT2D eigenvalue weighted by Crippen LogP contribution is -2.24. The molecule has 1 heterocycles. The second-order valence-electron chi connectivity index (χ2n) is 3.58. The quantitative estimate of drug-likeness (QED) is 0.808. The van der Waals surface area contributed by atoms with E-state index in [-0.39, 0.29) is 10.6 Å². The Morgan fingerprint density at radius 3 is 3.06 bits per heavy atom. The van der Waals surface area contributed by atoms with E-state index in [4.69, 9.17) is 11.6 Å². The zero-order valence-corrected chi connectivity index (χ0v) is 11.5. The van der Waals surface area contributed by atoms with Gasteiger partial charge in [0.25, 0.3) is 5.56 Å². The van der Waals surface area contributed by atoms with Gasteiger partial charge in [-0.1, -0.05) is 24.6 Å². The van der Waals surface area contributed by atoms with Crippen molar-refractivity contribution in [3.05, 3.63) is 34.2 Å². The molecule has 0 aliphatic carbocycles. The Labute approximate surface area is 110 Å². The standard InChI is InChI=1S/C11H16ClN3OS/c1-4-5-15-11(16)10(12)9(7-14-15)13-6-8(2)17-3/h4,7-8,13H,1,5-6H2,2-3H3. The number of aromatic nitrogens is 2. The Bertz CT molecular complexity index is 447. The van der Waals surface area contributed by atoms with Crippen molar-refractivity contribution in [1.82, 2.24) is 9.78 Å². The molecule has 1 atom stereocenters. The molecule has 0 spiro atoms. The van der Waals surface area contributed by atoms with Gasteiger partial charge in [-0.3, -0.25) is 4.79 Å². The summed E-state index contributed by atoms with van der Waals surface area (Å²) >= 11 is 7.73. The predicted octanol–water partition coefficient (Wildman–Crippen LogP) is 2.25. The summed E-state index contributed by atoms with van der Waals surface area (Å²) in [5.41, 5.74) is 0.284. The van der Waals surface area contributed by atoms with Gasteiger partial charge in [-0.05, 0) is 6.26 Å². The minimum atomic E-state index is -0.298. The second kappa shape index (κ2) is 6.71.